The molecule has 0 bridgehead atoms. The van der Waals surface area contributed by atoms with Gasteiger partial charge in [0.1, 0.15) is 0 Å². The monoisotopic (exact) mass is 359 g/mol. The lowest BCUT2D eigenvalue weighted by atomic mass is 9.78. The predicted octanol–water partition coefficient (Wildman–Crippen LogP) is 2.52. The minimum atomic E-state index is 0. The van der Waals surface area contributed by atoms with Crippen molar-refractivity contribution in [3.63, 3.8) is 0 Å². The lowest BCUT2D eigenvalue weighted by molar-refractivity contribution is 0.583. The third-order valence-electron chi connectivity index (χ3n) is 3.24. The van der Waals surface area contributed by atoms with Gasteiger partial charge in [-0.3, -0.25) is 4.99 Å². The van der Waals surface area contributed by atoms with Crippen LogP contribution in [0.2, 0.25) is 0 Å². The normalized spacial score (nSPS) is 17.2. The molecule has 0 aliphatic heterocycles. The summed E-state index contributed by atoms with van der Waals surface area (Å²) in [6, 6.07) is 8.68. The number of benzene rings is 1. The van der Waals surface area contributed by atoms with Crippen LogP contribution in [0.25, 0.3) is 0 Å². The van der Waals surface area contributed by atoms with Gasteiger partial charge >= 0.3 is 0 Å². The number of nitrogens with zero attached hydrogens (tertiary/aromatic N) is 1. The maximum absolute atomic E-state index is 4.21. The van der Waals surface area contributed by atoms with E-state index in [1.165, 1.54) is 17.5 Å². The molecule has 100 valence electrons. The van der Waals surface area contributed by atoms with Gasteiger partial charge < -0.3 is 10.6 Å². The largest absolute Gasteiger partial charge is 0.356 e. The van der Waals surface area contributed by atoms with Gasteiger partial charge in [-0.2, -0.15) is 0 Å². The van der Waals surface area contributed by atoms with Gasteiger partial charge in [-0.05, 0) is 24.0 Å². The number of halogens is 1. The standard InChI is InChI=1S/C14H21N3.HI/c1-3-8-16-14(15-2)17-10-12-9-11-6-4-5-7-13(11)12;/h4-7,12H,3,8-10H2,1-2H3,(H2,15,16,17);1H. The van der Waals surface area contributed by atoms with Crippen LogP contribution in [-0.2, 0) is 6.42 Å². The van der Waals surface area contributed by atoms with Gasteiger partial charge in [0.15, 0.2) is 5.96 Å². The summed E-state index contributed by atoms with van der Waals surface area (Å²) in [5.74, 6) is 1.56. The zero-order valence-electron chi connectivity index (χ0n) is 11.1. The number of hydrogen-bond donors (Lipinski definition) is 2. The molecule has 1 unspecified atom stereocenters. The Labute approximate surface area is 126 Å². The van der Waals surface area contributed by atoms with Crippen LogP contribution in [-0.4, -0.2) is 26.1 Å². The van der Waals surface area contributed by atoms with Gasteiger partial charge in [-0.25, -0.2) is 0 Å². The first kappa shape index (κ1) is 15.3. The fourth-order valence-corrected chi connectivity index (χ4v) is 2.23. The van der Waals surface area contributed by atoms with E-state index in [1.807, 2.05) is 7.05 Å². The predicted molar refractivity (Wildman–Crippen MR) is 88.0 cm³/mol. The van der Waals surface area contributed by atoms with Crippen molar-refractivity contribution in [2.45, 2.75) is 25.7 Å². The highest BCUT2D eigenvalue weighted by molar-refractivity contribution is 14.0. The van der Waals surface area contributed by atoms with E-state index in [9.17, 15) is 0 Å². The van der Waals surface area contributed by atoms with Crippen molar-refractivity contribution in [3.8, 4) is 0 Å². The lowest BCUT2D eigenvalue weighted by Gasteiger charge is -2.30. The van der Waals surface area contributed by atoms with Crippen LogP contribution in [0, 0.1) is 0 Å². The van der Waals surface area contributed by atoms with Crippen molar-refractivity contribution in [2.24, 2.45) is 4.99 Å². The van der Waals surface area contributed by atoms with Crippen molar-refractivity contribution in [1.29, 1.82) is 0 Å². The number of fused-ring (bicyclic) bond motifs is 1. The van der Waals surface area contributed by atoms with Crippen molar-refractivity contribution < 1.29 is 0 Å². The highest BCUT2D eigenvalue weighted by atomic mass is 127. The molecule has 2 rings (SSSR count). The first-order chi connectivity index (χ1) is 8.35. The first-order valence-electron chi connectivity index (χ1n) is 6.37. The Hall–Kier alpha value is -0.780. The van der Waals surface area contributed by atoms with E-state index >= 15 is 0 Å². The summed E-state index contributed by atoms with van der Waals surface area (Å²) in [6.45, 7) is 4.10. The smallest absolute Gasteiger partial charge is 0.190 e. The topological polar surface area (TPSA) is 36.4 Å². The molecule has 1 aromatic rings. The van der Waals surface area contributed by atoms with Crippen molar-refractivity contribution in [3.05, 3.63) is 35.4 Å². The Bertz CT molecular complexity index is 404. The first-order valence-corrected chi connectivity index (χ1v) is 6.37. The second kappa shape index (κ2) is 7.61. The van der Waals surface area contributed by atoms with E-state index in [2.05, 4.69) is 46.8 Å². The maximum atomic E-state index is 4.21. The van der Waals surface area contributed by atoms with E-state index in [0.29, 0.717) is 5.92 Å². The summed E-state index contributed by atoms with van der Waals surface area (Å²) in [7, 11) is 1.82. The van der Waals surface area contributed by atoms with E-state index < -0.39 is 0 Å². The molecule has 0 saturated carbocycles. The molecule has 3 nitrogen and oxygen atoms in total. The van der Waals surface area contributed by atoms with Crippen LogP contribution in [0.4, 0.5) is 0 Å². The van der Waals surface area contributed by atoms with Crippen LogP contribution < -0.4 is 10.6 Å². The van der Waals surface area contributed by atoms with Crippen molar-refractivity contribution in [2.75, 3.05) is 20.1 Å². The van der Waals surface area contributed by atoms with Crippen molar-refractivity contribution in [1.82, 2.24) is 10.6 Å². The van der Waals surface area contributed by atoms with Crippen molar-refractivity contribution >= 4 is 29.9 Å². The molecule has 0 saturated heterocycles. The molecule has 0 amide bonds. The third kappa shape index (κ3) is 3.60. The molecule has 18 heavy (non-hydrogen) atoms. The molecule has 0 fully saturated rings. The molecule has 2 N–H and O–H groups in total. The van der Waals surface area contributed by atoms with Crippen LogP contribution in [0.1, 0.15) is 30.4 Å². The number of nitrogens with one attached hydrogen (secondary N) is 2. The highest BCUT2D eigenvalue weighted by Crippen LogP contribution is 2.33. The Balaban J connectivity index is 0.00000162. The molecule has 1 aliphatic rings. The molecule has 0 radical (unpaired) electrons. The Morgan fingerprint density at radius 1 is 1.33 bits per heavy atom. The maximum Gasteiger partial charge on any atom is 0.190 e. The number of rotatable bonds is 4. The SMILES string of the molecule is CCCNC(=NC)NCC1Cc2ccccc21.I. The summed E-state index contributed by atoms with van der Waals surface area (Å²) >= 11 is 0. The fourth-order valence-electron chi connectivity index (χ4n) is 2.23. The average molecular weight is 359 g/mol. The van der Waals surface area contributed by atoms with E-state index in [-0.39, 0.29) is 24.0 Å². The summed E-state index contributed by atoms with van der Waals surface area (Å²) in [4.78, 5) is 4.21. The highest BCUT2D eigenvalue weighted by Gasteiger charge is 2.24. The van der Waals surface area contributed by atoms with Gasteiger partial charge in [0, 0.05) is 26.1 Å². The lowest BCUT2D eigenvalue weighted by Crippen LogP contribution is -2.41. The van der Waals surface area contributed by atoms with Crippen LogP contribution in [0.15, 0.2) is 29.3 Å². The minimum Gasteiger partial charge on any atom is -0.356 e. The Morgan fingerprint density at radius 3 is 2.78 bits per heavy atom. The van der Waals surface area contributed by atoms with Crippen LogP contribution in [0.5, 0.6) is 0 Å². The molecule has 0 spiro atoms. The quantitative estimate of drug-likeness (QED) is 0.493. The molecular formula is C14H22IN3. The molecule has 0 aromatic heterocycles. The molecule has 1 atom stereocenters. The summed E-state index contributed by atoms with van der Waals surface area (Å²) in [6.07, 6.45) is 2.31. The Morgan fingerprint density at radius 2 is 2.11 bits per heavy atom. The number of guanidine groups is 1. The Kier molecular flexibility index (Phi) is 6.46. The minimum absolute atomic E-state index is 0. The summed E-state index contributed by atoms with van der Waals surface area (Å²) in [5.41, 5.74) is 2.99. The average Bonchev–Trinajstić information content (AvgIpc) is 2.34. The third-order valence-corrected chi connectivity index (χ3v) is 3.24. The van der Waals surface area contributed by atoms with E-state index in [4.69, 9.17) is 0 Å². The van der Waals surface area contributed by atoms with Gasteiger partial charge in [-0.15, -0.1) is 24.0 Å². The summed E-state index contributed by atoms with van der Waals surface area (Å²) < 4.78 is 0. The molecule has 1 aliphatic carbocycles. The number of aliphatic imine (C=N–C) groups is 1. The van der Waals surface area contributed by atoms with Gasteiger partial charge in [-0.1, -0.05) is 31.2 Å². The fraction of sp³-hybridized carbons (Fsp3) is 0.500. The van der Waals surface area contributed by atoms with E-state index in [1.54, 1.807) is 0 Å². The van der Waals surface area contributed by atoms with Crippen LogP contribution >= 0.6 is 24.0 Å². The van der Waals surface area contributed by atoms with Gasteiger partial charge in [0.2, 0.25) is 0 Å². The van der Waals surface area contributed by atoms with Gasteiger partial charge in [0.25, 0.3) is 0 Å². The molecule has 0 heterocycles. The molecule has 1 aromatic carbocycles. The van der Waals surface area contributed by atoms with E-state index in [0.717, 1.165) is 25.5 Å². The number of hydrogen-bond acceptors (Lipinski definition) is 1. The molecular weight excluding hydrogens is 337 g/mol. The molecule has 4 heteroatoms. The van der Waals surface area contributed by atoms with Crippen LogP contribution in [0.3, 0.4) is 0 Å². The second-order valence-corrected chi connectivity index (χ2v) is 4.48. The van der Waals surface area contributed by atoms with Gasteiger partial charge in [0.05, 0.1) is 0 Å². The zero-order valence-corrected chi connectivity index (χ0v) is 13.4. The second-order valence-electron chi connectivity index (χ2n) is 4.48. The summed E-state index contributed by atoms with van der Waals surface area (Å²) in [5, 5.41) is 6.67. The zero-order chi connectivity index (χ0) is 12.1.